The maximum Gasteiger partial charge on any atom is 0.123 e. The van der Waals surface area contributed by atoms with Gasteiger partial charge in [0.1, 0.15) is 5.82 Å². The molecule has 1 aromatic carbocycles. The number of methoxy groups -OCH3 is 1. The van der Waals surface area contributed by atoms with Gasteiger partial charge < -0.3 is 10.1 Å². The van der Waals surface area contributed by atoms with E-state index in [4.69, 9.17) is 4.74 Å². The monoisotopic (exact) mass is 307 g/mol. The highest BCUT2D eigenvalue weighted by molar-refractivity contribution is 7.07. The Labute approximate surface area is 130 Å². The van der Waals surface area contributed by atoms with Crippen molar-refractivity contribution in [2.45, 2.75) is 18.8 Å². The summed E-state index contributed by atoms with van der Waals surface area (Å²) in [5.41, 5.74) is 2.42. The van der Waals surface area contributed by atoms with Gasteiger partial charge in [-0.15, -0.1) is 0 Å². The van der Waals surface area contributed by atoms with Gasteiger partial charge in [0, 0.05) is 20.2 Å². The van der Waals surface area contributed by atoms with Crippen LogP contribution < -0.4 is 5.32 Å². The summed E-state index contributed by atoms with van der Waals surface area (Å²) in [6.07, 6.45) is 2.04. The largest absolute Gasteiger partial charge is 0.383 e. The number of thiophene rings is 1. The molecule has 2 nitrogen and oxygen atoms in total. The molecule has 0 amide bonds. The summed E-state index contributed by atoms with van der Waals surface area (Å²) >= 11 is 1.72. The van der Waals surface area contributed by atoms with E-state index in [1.54, 1.807) is 30.6 Å². The van der Waals surface area contributed by atoms with Gasteiger partial charge in [0.05, 0.1) is 6.61 Å². The van der Waals surface area contributed by atoms with E-state index in [0.29, 0.717) is 12.5 Å². The van der Waals surface area contributed by atoms with Crippen LogP contribution >= 0.6 is 11.3 Å². The fourth-order valence-electron chi connectivity index (χ4n) is 2.37. The van der Waals surface area contributed by atoms with Crippen molar-refractivity contribution in [3.05, 3.63) is 58.0 Å². The van der Waals surface area contributed by atoms with E-state index in [9.17, 15) is 4.39 Å². The summed E-state index contributed by atoms with van der Waals surface area (Å²) in [5.74, 6) is 0.155. The summed E-state index contributed by atoms with van der Waals surface area (Å²) < 4.78 is 18.5. The number of aryl methyl sites for hydroxylation is 1. The van der Waals surface area contributed by atoms with Crippen molar-refractivity contribution in [1.29, 1.82) is 0 Å². The summed E-state index contributed by atoms with van der Waals surface area (Å²) in [5, 5.41) is 7.67. The van der Waals surface area contributed by atoms with Gasteiger partial charge in [-0.2, -0.15) is 11.3 Å². The normalized spacial score (nSPS) is 12.5. The van der Waals surface area contributed by atoms with E-state index in [-0.39, 0.29) is 5.82 Å². The van der Waals surface area contributed by atoms with Crippen LogP contribution in [0, 0.1) is 5.82 Å². The number of benzene rings is 1. The van der Waals surface area contributed by atoms with E-state index in [1.165, 1.54) is 11.6 Å². The van der Waals surface area contributed by atoms with E-state index in [2.05, 4.69) is 22.1 Å². The molecule has 0 spiro atoms. The summed E-state index contributed by atoms with van der Waals surface area (Å²) in [6, 6.07) is 9.11. The zero-order valence-electron chi connectivity index (χ0n) is 12.3. The van der Waals surface area contributed by atoms with Gasteiger partial charge in [0.2, 0.25) is 0 Å². The Morgan fingerprint density at radius 2 is 2.24 bits per heavy atom. The molecule has 1 aromatic heterocycles. The Balaban J connectivity index is 1.95. The van der Waals surface area contributed by atoms with Crippen LogP contribution in [-0.4, -0.2) is 26.8 Å². The van der Waals surface area contributed by atoms with Crippen molar-refractivity contribution in [1.82, 2.24) is 5.32 Å². The molecule has 0 fully saturated rings. The number of halogens is 1. The molecule has 0 saturated carbocycles. The molecule has 0 aliphatic heterocycles. The van der Waals surface area contributed by atoms with Crippen LogP contribution in [-0.2, 0) is 11.2 Å². The smallest absolute Gasteiger partial charge is 0.123 e. The molecule has 4 heteroatoms. The molecule has 0 aliphatic rings. The zero-order valence-corrected chi connectivity index (χ0v) is 13.2. The molecule has 0 saturated heterocycles. The zero-order chi connectivity index (χ0) is 14.9. The first-order chi connectivity index (χ1) is 10.3. The Kier molecular flexibility index (Phi) is 6.86. The molecular formula is C17H22FNOS. The lowest BCUT2D eigenvalue weighted by Gasteiger charge is -2.18. The second-order valence-corrected chi connectivity index (χ2v) is 5.90. The second-order valence-electron chi connectivity index (χ2n) is 5.12. The average Bonchev–Trinajstić information content (AvgIpc) is 3.00. The SMILES string of the molecule is COCCNCC(CCc1ccsc1)c1cccc(F)c1. The molecule has 2 rings (SSSR count). The Morgan fingerprint density at radius 3 is 2.95 bits per heavy atom. The van der Waals surface area contributed by atoms with Crippen molar-refractivity contribution >= 4 is 11.3 Å². The van der Waals surface area contributed by atoms with E-state index in [0.717, 1.165) is 31.5 Å². The van der Waals surface area contributed by atoms with Crippen LogP contribution in [0.25, 0.3) is 0 Å². The molecule has 0 aliphatic carbocycles. The van der Waals surface area contributed by atoms with Crippen molar-refractivity contribution < 1.29 is 9.13 Å². The highest BCUT2D eigenvalue weighted by atomic mass is 32.1. The predicted octanol–water partition coefficient (Wildman–Crippen LogP) is 3.84. The molecule has 1 atom stereocenters. The molecule has 1 N–H and O–H groups in total. The van der Waals surface area contributed by atoms with Crippen molar-refractivity contribution in [3.8, 4) is 0 Å². The quantitative estimate of drug-likeness (QED) is 0.711. The fraction of sp³-hybridized carbons (Fsp3) is 0.412. The minimum atomic E-state index is -0.162. The Bertz CT molecular complexity index is 515. The number of ether oxygens (including phenoxy) is 1. The third kappa shape index (κ3) is 5.58. The summed E-state index contributed by atoms with van der Waals surface area (Å²) in [6.45, 7) is 2.36. The van der Waals surface area contributed by atoms with E-state index >= 15 is 0 Å². The van der Waals surface area contributed by atoms with E-state index < -0.39 is 0 Å². The maximum atomic E-state index is 13.4. The predicted molar refractivity (Wildman–Crippen MR) is 86.5 cm³/mol. The molecule has 2 aromatic rings. The van der Waals surface area contributed by atoms with E-state index in [1.807, 2.05) is 6.07 Å². The standard InChI is InChI=1S/C17H22FNOS/c1-20-9-8-19-12-16(6-5-14-7-10-21-13-14)15-3-2-4-17(18)11-15/h2-4,7,10-11,13,16,19H,5-6,8-9,12H2,1H3. The van der Waals surface area contributed by atoms with Crippen LogP contribution in [0.15, 0.2) is 41.1 Å². The van der Waals surface area contributed by atoms with Gasteiger partial charge >= 0.3 is 0 Å². The van der Waals surface area contributed by atoms with Crippen molar-refractivity contribution in [3.63, 3.8) is 0 Å². The van der Waals surface area contributed by atoms with Gasteiger partial charge in [0.15, 0.2) is 0 Å². The molecule has 1 unspecified atom stereocenters. The van der Waals surface area contributed by atoms with Gasteiger partial charge in [-0.05, 0) is 58.8 Å². The van der Waals surface area contributed by atoms with Gasteiger partial charge in [-0.1, -0.05) is 12.1 Å². The van der Waals surface area contributed by atoms with Gasteiger partial charge in [0.25, 0.3) is 0 Å². The second kappa shape index (κ2) is 8.93. The third-order valence-electron chi connectivity index (χ3n) is 3.56. The third-order valence-corrected chi connectivity index (χ3v) is 4.29. The first kappa shape index (κ1) is 16.1. The van der Waals surface area contributed by atoms with Crippen LogP contribution in [0.5, 0.6) is 0 Å². The van der Waals surface area contributed by atoms with Crippen molar-refractivity contribution in [2.75, 3.05) is 26.8 Å². The highest BCUT2D eigenvalue weighted by Crippen LogP contribution is 2.22. The summed E-state index contributed by atoms with van der Waals surface area (Å²) in [7, 11) is 1.70. The van der Waals surface area contributed by atoms with Crippen LogP contribution in [0.2, 0.25) is 0 Å². The Hall–Kier alpha value is -1.23. The number of hydrogen-bond donors (Lipinski definition) is 1. The molecule has 0 bridgehead atoms. The lowest BCUT2D eigenvalue weighted by atomic mass is 9.92. The van der Waals surface area contributed by atoms with Crippen LogP contribution in [0.4, 0.5) is 4.39 Å². The first-order valence-electron chi connectivity index (χ1n) is 7.26. The molecule has 1 heterocycles. The topological polar surface area (TPSA) is 21.3 Å². The van der Waals surface area contributed by atoms with Crippen LogP contribution in [0.1, 0.15) is 23.5 Å². The number of rotatable bonds is 9. The molecule has 114 valence electrons. The lowest BCUT2D eigenvalue weighted by Crippen LogP contribution is -2.25. The lowest BCUT2D eigenvalue weighted by molar-refractivity contribution is 0.199. The minimum Gasteiger partial charge on any atom is -0.383 e. The highest BCUT2D eigenvalue weighted by Gasteiger charge is 2.12. The van der Waals surface area contributed by atoms with Crippen LogP contribution in [0.3, 0.4) is 0 Å². The molecular weight excluding hydrogens is 285 g/mol. The maximum absolute atomic E-state index is 13.4. The number of nitrogens with one attached hydrogen (secondary N) is 1. The van der Waals surface area contributed by atoms with Gasteiger partial charge in [-0.25, -0.2) is 4.39 Å². The van der Waals surface area contributed by atoms with Crippen molar-refractivity contribution in [2.24, 2.45) is 0 Å². The fourth-order valence-corrected chi connectivity index (χ4v) is 3.08. The summed E-state index contributed by atoms with van der Waals surface area (Å²) in [4.78, 5) is 0. The first-order valence-corrected chi connectivity index (χ1v) is 8.20. The minimum absolute atomic E-state index is 0.162. The number of hydrogen-bond acceptors (Lipinski definition) is 3. The average molecular weight is 307 g/mol. The molecule has 21 heavy (non-hydrogen) atoms. The van der Waals surface area contributed by atoms with Gasteiger partial charge in [-0.3, -0.25) is 0 Å². The Morgan fingerprint density at radius 1 is 1.33 bits per heavy atom. The molecule has 0 radical (unpaired) electrons.